The minimum atomic E-state index is -0.519. The first-order chi connectivity index (χ1) is 19.3. The molecule has 0 N–H and O–H groups in total. The number of aromatic nitrogens is 1. The maximum absolute atomic E-state index is 13.8. The maximum Gasteiger partial charge on any atom is 0.243 e. The third kappa shape index (κ3) is 7.43. The molecule has 0 spiro atoms. The molecule has 2 aliphatic heterocycles. The molecule has 1 saturated heterocycles. The second-order valence-corrected chi connectivity index (χ2v) is 12.5. The van der Waals surface area contributed by atoms with Gasteiger partial charge in [-0.3, -0.25) is 14.4 Å². The molecule has 220 valence electrons. The summed E-state index contributed by atoms with van der Waals surface area (Å²) in [5.74, 6) is 0.526. The number of Topliss-reactive ketones (excluding diaryl/α,β-unsaturated/α-hetero) is 2. The van der Waals surface area contributed by atoms with Crippen molar-refractivity contribution in [1.82, 2.24) is 9.47 Å². The number of rotatable bonds is 5. The van der Waals surface area contributed by atoms with Crippen molar-refractivity contribution in [2.24, 2.45) is 5.92 Å². The van der Waals surface area contributed by atoms with Crippen LogP contribution in [0.25, 0.3) is 10.9 Å². The lowest BCUT2D eigenvalue weighted by Gasteiger charge is -2.27. The van der Waals surface area contributed by atoms with E-state index in [1.165, 1.54) is 49.7 Å². The number of aryl methyl sites for hydroxylation is 1. The van der Waals surface area contributed by atoms with Crippen molar-refractivity contribution in [2.45, 2.75) is 130 Å². The molecule has 6 nitrogen and oxygen atoms in total. The molecule has 6 heteroatoms. The van der Waals surface area contributed by atoms with Gasteiger partial charge >= 0.3 is 0 Å². The average molecular weight is 551 g/mol. The molecule has 40 heavy (non-hydrogen) atoms. The summed E-state index contributed by atoms with van der Waals surface area (Å²) in [4.78, 5) is 41.4. The van der Waals surface area contributed by atoms with Gasteiger partial charge in [-0.2, -0.15) is 0 Å². The van der Waals surface area contributed by atoms with Gasteiger partial charge in [0.2, 0.25) is 5.91 Å². The Bertz CT molecular complexity index is 1180. The van der Waals surface area contributed by atoms with Crippen LogP contribution in [0.1, 0.15) is 120 Å². The highest BCUT2D eigenvalue weighted by Gasteiger charge is 2.41. The fourth-order valence-corrected chi connectivity index (χ4v) is 6.71. The molecular formula is C34H50N2O4. The zero-order chi connectivity index (χ0) is 28.6. The van der Waals surface area contributed by atoms with E-state index in [0.29, 0.717) is 37.5 Å². The Kier molecular flexibility index (Phi) is 11.0. The van der Waals surface area contributed by atoms with Crippen molar-refractivity contribution in [1.29, 1.82) is 0 Å². The van der Waals surface area contributed by atoms with E-state index in [0.717, 1.165) is 43.0 Å². The van der Waals surface area contributed by atoms with Crippen LogP contribution in [-0.4, -0.2) is 52.2 Å². The molecule has 0 saturated carbocycles. The quantitative estimate of drug-likeness (QED) is 0.373. The minimum Gasteiger partial charge on any atom is -0.376 e. The third-order valence-electron chi connectivity index (χ3n) is 8.70. The number of hydrogen-bond donors (Lipinski definition) is 0. The second kappa shape index (κ2) is 14.4. The van der Waals surface area contributed by atoms with Gasteiger partial charge in [-0.15, -0.1) is 0 Å². The van der Waals surface area contributed by atoms with E-state index >= 15 is 0 Å². The van der Waals surface area contributed by atoms with Crippen LogP contribution < -0.4 is 0 Å². The summed E-state index contributed by atoms with van der Waals surface area (Å²) in [7, 11) is 0. The van der Waals surface area contributed by atoms with Crippen LogP contribution in [0.15, 0.2) is 18.3 Å². The molecule has 2 atom stereocenters. The summed E-state index contributed by atoms with van der Waals surface area (Å²) >= 11 is 0. The molecule has 2 aromatic rings. The SMILES string of the molecule is CCC(=O)[C@@H]1[C@H]2CCN1C(=O)Cn1cc(C(C)=O)c3cc(CC(C)C)cc(c31)CCCCCCCCCCCO2. The van der Waals surface area contributed by atoms with Crippen molar-refractivity contribution in [3.8, 4) is 0 Å². The number of carbonyl (C=O) groups is 3. The summed E-state index contributed by atoms with van der Waals surface area (Å²) in [6, 6.07) is 3.95. The molecule has 0 unspecified atom stereocenters. The van der Waals surface area contributed by atoms with Gasteiger partial charge in [0.1, 0.15) is 12.6 Å². The largest absolute Gasteiger partial charge is 0.376 e. The summed E-state index contributed by atoms with van der Waals surface area (Å²) in [5.41, 5.74) is 4.17. The second-order valence-electron chi connectivity index (χ2n) is 12.5. The van der Waals surface area contributed by atoms with Crippen LogP contribution in [0.5, 0.6) is 0 Å². The summed E-state index contributed by atoms with van der Waals surface area (Å²) < 4.78 is 8.22. The van der Waals surface area contributed by atoms with Crippen LogP contribution in [0.2, 0.25) is 0 Å². The fourth-order valence-electron chi connectivity index (χ4n) is 6.71. The van der Waals surface area contributed by atoms with E-state index in [1.54, 1.807) is 11.8 Å². The van der Waals surface area contributed by atoms with Crippen molar-refractivity contribution in [3.05, 3.63) is 35.0 Å². The molecule has 2 aliphatic rings. The Hall–Kier alpha value is -2.47. The predicted molar refractivity (Wildman–Crippen MR) is 161 cm³/mol. The Morgan fingerprint density at radius 3 is 2.33 bits per heavy atom. The molecule has 1 fully saturated rings. The lowest BCUT2D eigenvalue weighted by molar-refractivity contribution is -0.140. The van der Waals surface area contributed by atoms with Gasteiger partial charge in [0.25, 0.3) is 0 Å². The van der Waals surface area contributed by atoms with Gasteiger partial charge in [0, 0.05) is 36.7 Å². The zero-order valence-corrected chi connectivity index (χ0v) is 25.3. The first-order valence-corrected chi connectivity index (χ1v) is 15.9. The van der Waals surface area contributed by atoms with Crippen LogP contribution in [0, 0.1) is 5.92 Å². The Morgan fingerprint density at radius 1 is 1.00 bits per heavy atom. The number of nitrogens with zero attached hydrogens (tertiary/aromatic N) is 2. The molecule has 0 aliphatic carbocycles. The number of benzene rings is 1. The number of fused-ring (bicyclic) bond motifs is 2. The van der Waals surface area contributed by atoms with Crippen molar-refractivity contribution in [2.75, 3.05) is 13.2 Å². The van der Waals surface area contributed by atoms with Crippen LogP contribution in [0.4, 0.5) is 0 Å². The van der Waals surface area contributed by atoms with Crippen molar-refractivity contribution >= 4 is 28.4 Å². The molecule has 1 amide bonds. The van der Waals surface area contributed by atoms with Crippen molar-refractivity contribution in [3.63, 3.8) is 0 Å². The molecule has 1 aromatic carbocycles. The van der Waals surface area contributed by atoms with Gasteiger partial charge in [0.15, 0.2) is 11.6 Å². The maximum atomic E-state index is 13.8. The van der Waals surface area contributed by atoms with Crippen LogP contribution in [-0.2, 0) is 33.7 Å². The summed E-state index contributed by atoms with van der Waals surface area (Å²) in [5, 5.41) is 0.958. The Morgan fingerprint density at radius 2 is 1.68 bits per heavy atom. The van der Waals surface area contributed by atoms with E-state index in [2.05, 4.69) is 26.0 Å². The minimum absolute atomic E-state index is 0.0167. The summed E-state index contributed by atoms with van der Waals surface area (Å²) in [6.07, 6.45) is 15.4. The molecule has 2 bridgehead atoms. The van der Waals surface area contributed by atoms with Crippen LogP contribution >= 0.6 is 0 Å². The number of carbonyl (C=O) groups excluding carboxylic acids is 3. The highest BCUT2D eigenvalue weighted by molar-refractivity contribution is 6.08. The van der Waals surface area contributed by atoms with E-state index in [9.17, 15) is 14.4 Å². The molecular weight excluding hydrogens is 500 g/mol. The van der Waals surface area contributed by atoms with Gasteiger partial charge < -0.3 is 14.2 Å². The summed E-state index contributed by atoms with van der Waals surface area (Å²) in [6.45, 7) is 9.22. The van der Waals surface area contributed by atoms with E-state index in [-0.39, 0.29) is 30.1 Å². The van der Waals surface area contributed by atoms with E-state index < -0.39 is 6.04 Å². The monoisotopic (exact) mass is 550 g/mol. The van der Waals surface area contributed by atoms with Gasteiger partial charge in [-0.1, -0.05) is 71.8 Å². The lowest BCUT2D eigenvalue weighted by atomic mass is 9.94. The predicted octanol–water partition coefficient (Wildman–Crippen LogP) is 7.07. The van der Waals surface area contributed by atoms with Gasteiger partial charge in [-0.05, 0) is 62.1 Å². The fraction of sp³-hybridized carbons (Fsp3) is 0.676. The normalized spacial score (nSPS) is 22.1. The standard InChI is InChI=1S/C34H50N2O4/c1-5-30(38)34-31-16-17-36(34)32(39)23-35-22-29(25(4)37)28-21-26(19-24(2)3)20-27(33(28)35)15-13-11-9-7-6-8-10-12-14-18-40-31/h20-22,24,31,34H,5-19,23H2,1-4H3/t31-,34-/m1/s1. The van der Waals surface area contributed by atoms with E-state index in [4.69, 9.17) is 4.74 Å². The third-order valence-corrected chi connectivity index (χ3v) is 8.70. The molecule has 4 rings (SSSR count). The molecule has 0 radical (unpaired) electrons. The topological polar surface area (TPSA) is 68.6 Å². The van der Waals surface area contributed by atoms with Crippen LogP contribution in [0.3, 0.4) is 0 Å². The molecule has 3 heterocycles. The molecule has 1 aromatic heterocycles. The first-order valence-electron chi connectivity index (χ1n) is 15.9. The Labute approximate surface area is 240 Å². The zero-order valence-electron chi connectivity index (χ0n) is 25.3. The smallest absolute Gasteiger partial charge is 0.243 e. The van der Waals surface area contributed by atoms with Crippen molar-refractivity contribution < 1.29 is 19.1 Å². The highest BCUT2D eigenvalue weighted by Crippen LogP contribution is 2.31. The van der Waals surface area contributed by atoms with E-state index in [1.807, 2.05) is 17.7 Å². The number of ketones is 2. The number of ether oxygens (including phenoxy) is 1. The van der Waals surface area contributed by atoms with Gasteiger partial charge in [0.05, 0.1) is 11.6 Å². The lowest BCUT2D eigenvalue weighted by Crippen LogP contribution is -2.46. The average Bonchev–Trinajstić information content (AvgIpc) is 3.50. The first kappa shape index (κ1) is 30.5. The Balaban J connectivity index is 1.71. The van der Waals surface area contributed by atoms with Gasteiger partial charge in [-0.25, -0.2) is 0 Å². The highest BCUT2D eigenvalue weighted by atomic mass is 16.5. The number of hydrogen-bond acceptors (Lipinski definition) is 4. The number of amides is 1.